The Morgan fingerprint density at radius 3 is 3.22 bits per heavy atom. The fourth-order valence-corrected chi connectivity index (χ4v) is 0.913. The van der Waals surface area contributed by atoms with Crippen molar-refractivity contribution < 1.29 is 9.84 Å². The van der Waals surface area contributed by atoms with Crippen molar-refractivity contribution in [2.24, 2.45) is 0 Å². The smallest absolute Gasteiger partial charge is 0.0818 e. The number of nitrogens with one attached hydrogen (secondary N) is 1. The Labute approximate surface area is 55.0 Å². The Morgan fingerprint density at radius 1 is 1.56 bits per heavy atom. The summed E-state index contributed by atoms with van der Waals surface area (Å²) in [6.45, 7) is 2.76. The van der Waals surface area contributed by atoms with E-state index in [0.29, 0.717) is 0 Å². The van der Waals surface area contributed by atoms with Gasteiger partial charge in [0.1, 0.15) is 0 Å². The zero-order valence-electron chi connectivity index (χ0n) is 5.47. The topological polar surface area (TPSA) is 41.5 Å². The molecule has 0 aromatic carbocycles. The monoisotopic (exact) mass is 131 g/mol. The number of aliphatic hydroxyl groups is 1. The maximum atomic E-state index is 8.66. The molecule has 1 heterocycles. The van der Waals surface area contributed by atoms with Crippen LogP contribution in [0.3, 0.4) is 0 Å². The summed E-state index contributed by atoms with van der Waals surface area (Å²) in [7, 11) is 0. The molecule has 2 N–H and O–H groups in total. The van der Waals surface area contributed by atoms with Crippen LogP contribution in [0.1, 0.15) is 6.42 Å². The fraction of sp³-hybridized carbons (Fsp3) is 1.00. The van der Waals surface area contributed by atoms with Crippen LogP contribution in [-0.2, 0) is 4.74 Å². The normalized spacial score (nSPS) is 29.7. The number of hydrogen-bond donors (Lipinski definition) is 2. The van der Waals surface area contributed by atoms with Gasteiger partial charge in [-0.15, -0.1) is 0 Å². The molecule has 1 aliphatic rings. The second-order valence-electron chi connectivity index (χ2n) is 2.21. The van der Waals surface area contributed by atoms with E-state index >= 15 is 0 Å². The van der Waals surface area contributed by atoms with Crippen molar-refractivity contribution >= 4 is 0 Å². The summed E-state index contributed by atoms with van der Waals surface area (Å²) in [5.41, 5.74) is 0. The highest BCUT2D eigenvalue weighted by Gasteiger charge is 2.09. The maximum absolute atomic E-state index is 8.66. The van der Waals surface area contributed by atoms with Gasteiger partial charge in [0.25, 0.3) is 0 Å². The Kier molecular flexibility index (Phi) is 2.97. The maximum Gasteiger partial charge on any atom is 0.0818 e. The summed E-state index contributed by atoms with van der Waals surface area (Å²) in [4.78, 5) is 0. The third-order valence-electron chi connectivity index (χ3n) is 1.48. The van der Waals surface area contributed by atoms with Gasteiger partial charge in [-0.25, -0.2) is 0 Å². The molecular weight excluding hydrogens is 118 g/mol. The van der Waals surface area contributed by atoms with Gasteiger partial charge < -0.3 is 15.2 Å². The molecule has 0 amide bonds. The van der Waals surface area contributed by atoms with Gasteiger partial charge in [-0.2, -0.15) is 0 Å². The molecule has 0 radical (unpaired) electrons. The Morgan fingerprint density at radius 2 is 2.44 bits per heavy atom. The van der Waals surface area contributed by atoms with Crippen LogP contribution in [-0.4, -0.2) is 37.5 Å². The summed E-state index contributed by atoms with van der Waals surface area (Å²) >= 11 is 0. The van der Waals surface area contributed by atoms with Crippen LogP contribution >= 0.6 is 0 Å². The first-order chi connectivity index (χ1) is 4.43. The van der Waals surface area contributed by atoms with Crippen LogP contribution in [0.2, 0.25) is 0 Å². The van der Waals surface area contributed by atoms with E-state index < -0.39 is 0 Å². The average Bonchev–Trinajstić information content (AvgIpc) is 2.13. The van der Waals surface area contributed by atoms with Crippen LogP contribution in [0.25, 0.3) is 0 Å². The van der Waals surface area contributed by atoms with Crippen molar-refractivity contribution in [3.05, 3.63) is 0 Å². The van der Waals surface area contributed by atoms with Crippen LogP contribution in [0, 0.1) is 0 Å². The van der Waals surface area contributed by atoms with E-state index in [1.165, 1.54) is 0 Å². The molecule has 1 saturated heterocycles. The van der Waals surface area contributed by atoms with E-state index in [1.54, 1.807) is 0 Å². The van der Waals surface area contributed by atoms with Gasteiger partial charge in [0.05, 0.1) is 19.3 Å². The zero-order valence-corrected chi connectivity index (χ0v) is 5.47. The lowest BCUT2D eigenvalue weighted by molar-refractivity contribution is 0.0220. The minimum absolute atomic E-state index is 0.0694. The van der Waals surface area contributed by atoms with E-state index in [-0.39, 0.29) is 12.7 Å². The quantitative estimate of drug-likeness (QED) is 0.497. The molecule has 3 nitrogen and oxygen atoms in total. The third kappa shape index (κ3) is 2.30. The predicted octanol–water partition coefficient (Wildman–Crippen LogP) is -0.643. The van der Waals surface area contributed by atoms with Gasteiger partial charge >= 0.3 is 0 Å². The Bertz CT molecular complexity index is 69.5. The fourth-order valence-electron chi connectivity index (χ4n) is 0.913. The summed E-state index contributed by atoms with van der Waals surface area (Å²) in [5, 5.41) is 11.8. The molecule has 0 unspecified atom stereocenters. The lowest BCUT2D eigenvalue weighted by atomic mass is 10.3. The lowest BCUT2D eigenvalue weighted by Gasteiger charge is -2.09. The van der Waals surface area contributed by atoms with Crippen molar-refractivity contribution in [3.63, 3.8) is 0 Å². The molecular formula is C6H13NO2. The number of rotatable bonds is 1. The summed E-state index contributed by atoms with van der Waals surface area (Å²) in [6, 6.07) is 0. The minimum Gasteiger partial charge on any atom is -0.394 e. The van der Waals surface area contributed by atoms with E-state index in [9.17, 15) is 0 Å². The average molecular weight is 131 g/mol. The SMILES string of the molecule is OC[C@@H]1CCNCCO1. The molecule has 1 atom stereocenters. The molecule has 0 aromatic heterocycles. The first-order valence-corrected chi connectivity index (χ1v) is 3.36. The van der Waals surface area contributed by atoms with Crippen LogP contribution in [0.4, 0.5) is 0 Å². The van der Waals surface area contributed by atoms with Gasteiger partial charge in [0.2, 0.25) is 0 Å². The second-order valence-corrected chi connectivity index (χ2v) is 2.21. The summed E-state index contributed by atoms with van der Waals surface area (Å²) < 4.78 is 5.24. The molecule has 0 aromatic rings. The minimum atomic E-state index is 0.0694. The Hall–Kier alpha value is -0.120. The third-order valence-corrected chi connectivity index (χ3v) is 1.48. The van der Waals surface area contributed by atoms with Crippen molar-refractivity contribution in [3.8, 4) is 0 Å². The number of ether oxygens (including phenoxy) is 1. The van der Waals surface area contributed by atoms with E-state index in [0.717, 1.165) is 26.1 Å². The van der Waals surface area contributed by atoms with Gasteiger partial charge in [0.15, 0.2) is 0 Å². The van der Waals surface area contributed by atoms with Crippen molar-refractivity contribution in [2.75, 3.05) is 26.3 Å². The predicted molar refractivity (Wildman–Crippen MR) is 34.3 cm³/mol. The molecule has 54 valence electrons. The molecule has 0 aliphatic carbocycles. The van der Waals surface area contributed by atoms with Crippen LogP contribution < -0.4 is 5.32 Å². The van der Waals surface area contributed by atoms with Gasteiger partial charge in [-0.3, -0.25) is 0 Å². The summed E-state index contributed by atoms with van der Waals surface area (Å²) in [5.74, 6) is 0. The molecule has 1 aliphatic heterocycles. The molecule has 3 heteroatoms. The largest absolute Gasteiger partial charge is 0.394 e. The molecule has 1 rings (SSSR count). The van der Waals surface area contributed by atoms with Crippen molar-refractivity contribution in [1.29, 1.82) is 0 Å². The highest BCUT2D eigenvalue weighted by Crippen LogP contribution is 1.98. The molecule has 0 bridgehead atoms. The lowest BCUT2D eigenvalue weighted by Crippen LogP contribution is -2.18. The first kappa shape index (κ1) is 6.99. The van der Waals surface area contributed by atoms with Gasteiger partial charge in [-0.1, -0.05) is 0 Å². The van der Waals surface area contributed by atoms with Crippen LogP contribution in [0.5, 0.6) is 0 Å². The highest BCUT2D eigenvalue weighted by atomic mass is 16.5. The Balaban J connectivity index is 2.18. The zero-order chi connectivity index (χ0) is 6.53. The number of hydrogen-bond acceptors (Lipinski definition) is 3. The molecule has 1 fully saturated rings. The standard InChI is InChI=1S/C6H13NO2/c8-5-6-1-2-7-3-4-9-6/h6-8H,1-5H2/t6-/m0/s1. The summed E-state index contributed by atoms with van der Waals surface area (Å²) in [6.07, 6.45) is 0.997. The van der Waals surface area contributed by atoms with Gasteiger partial charge in [-0.05, 0) is 13.0 Å². The van der Waals surface area contributed by atoms with Gasteiger partial charge in [0, 0.05) is 6.54 Å². The van der Waals surface area contributed by atoms with E-state index in [4.69, 9.17) is 9.84 Å². The van der Waals surface area contributed by atoms with Crippen molar-refractivity contribution in [2.45, 2.75) is 12.5 Å². The van der Waals surface area contributed by atoms with E-state index in [2.05, 4.69) is 5.32 Å². The van der Waals surface area contributed by atoms with Crippen molar-refractivity contribution in [1.82, 2.24) is 5.32 Å². The number of aliphatic hydroxyl groups excluding tert-OH is 1. The molecule has 9 heavy (non-hydrogen) atoms. The van der Waals surface area contributed by atoms with E-state index in [1.807, 2.05) is 0 Å². The first-order valence-electron chi connectivity index (χ1n) is 3.36. The van der Waals surface area contributed by atoms with Crippen LogP contribution in [0.15, 0.2) is 0 Å². The molecule has 0 saturated carbocycles. The molecule has 0 spiro atoms. The second kappa shape index (κ2) is 3.82. The highest BCUT2D eigenvalue weighted by molar-refractivity contribution is 4.62.